The van der Waals surface area contributed by atoms with Gasteiger partial charge in [0.05, 0.1) is 12.1 Å². The molecule has 1 amide bonds. The van der Waals surface area contributed by atoms with Crippen LogP contribution in [-0.4, -0.2) is 28.4 Å². The van der Waals surface area contributed by atoms with Crippen molar-refractivity contribution >= 4 is 22.9 Å². The van der Waals surface area contributed by atoms with Crippen LogP contribution in [0.2, 0.25) is 0 Å². The molecule has 1 aliphatic rings. The zero-order chi connectivity index (χ0) is 20.8. The van der Waals surface area contributed by atoms with Crippen LogP contribution >= 0.6 is 11.3 Å². The minimum Gasteiger partial charge on any atom is -0.325 e. The highest BCUT2D eigenvalue weighted by atomic mass is 32.1. The van der Waals surface area contributed by atoms with E-state index >= 15 is 0 Å². The lowest BCUT2D eigenvalue weighted by Crippen LogP contribution is -2.40. The third kappa shape index (κ3) is 5.55. The number of likely N-dealkylation sites (tertiary alicyclic amines) is 1. The zero-order valence-electron chi connectivity index (χ0n) is 17.5. The summed E-state index contributed by atoms with van der Waals surface area (Å²) in [5.41, 5.74) is 4.43. The first-order chi connectivity index (χ1) is 14.7. The fourth-order valence-electron chi connectivity index (χ4n) is 4.14. The molecule has 1 saturated heterocycles. The Bertz CT molecular complexity index is 969. The number of rotatable bonds is 7. The van der Waals surface area contributed by atoms with Gasteiger partial charge in [-0.05, 0) is 49.9 Å². The summed E-state index contributed by atoms with van der Waals surface area (Å²) in [6.07, 6.45) is 5.21. The van der Waals surface area contributed by atoms with Crippen molar-refractivity contribution in [1.82, 2.24) is 9.88 Å². The van der Waals surface area contributed by atoms with Crippen LogP contribution in [0.5, 0.6) is 0 Å². The van der Waals surface area contributed by atoms with E-state index in [1.54, 1.807) is 11.3 Å². The molecule has 156 valence electrons. The summed E-state index contributed by atoms with van der Waals surface area (Å²) in [7, 11) is 0. The van der Waals surface area contributed by atoms with Crippen LogP contribution in [0.25, 0.3) is 0 Å². The number of amides is 1. The molecule has 0 bridgehead atoms. The van der Waals surface area contributed by atoms with Gasteiger partial charge in [-0.15, -0.1) is 11.3 Å². The van der Waals surface area contributed by atoms with Crippen molar-refractivity contribution in [3.63, 3.8) is 0 Å². The van der Waals surface area contributed by atoms with Crippen molar-refractivity contribution in [3.8, 4) is 0 Å². The summed E-state index contributed by atoms with van der Waals surface area (Å²) in [4.78, 5) is 19.8. The molecule has 2 aromatic carbocycles. The summed E-state index contributed by atoms with van der Waals surface area (Å²) < 4.78 is 0. The van der Waals surface area contributed by atoms with E-state index < -0.39 is 0 Å². The largest absolute Gasteiger partial charge is 0.325 e. The van der Waals surface area contributed by atoms with Crippen molar-refractivity contribution < 1.29 is 4.79 Å². The molecule has 5 heteroatoms. The first-order valence-electron chi connectivity index (χ1n) is 10.7. The third-order valence-electron chi connectivity index (χ3n) is 5.76. The number of aromatic nitrogens is 1. The van der Waals surface area contributed by atoms with E-state index in [1.165, 1.54) is 24.8 Å². The van der Waals surface area contributed by atoms with Crippen molar-refractivity contribution in [2.75, 3.05) is 11.9 Å². The number of nitrogens with one attached hydrogen (secondary N) is 1. The number of benzene rings is 2. The summed E-state index contributed by atoms with van der Waals surface area (Å²) in [5.74, 6) is -0.00914. The van der Waals surface area contributed by atoms with Gasteiger partial charge in [0.25, 0.3) is 0 Å². The SMILES string of the molecule is Cc1ccccc1NC(=O)Cc1nc(CN2CCCC[C@H]2Cc2ccccc2)cs1. The van der Waals surface area contributed by atoms with Crippen molar-refractivity contribution in [2.24, 2.45) is 0 Å². The Hall–Kier alpha value is -2.50. The smallest absolute Gasteiger partial charge is 0.231 e. The predicted molar refractivity (Wildman–Crippen MR) is 124 cm³/mol. The molecule has 1 atom stereocenters. The topological polar surface area (TPSA) is 45.2 Å². The molecule has 0 aliphatic carbocycles. The number of hydrogen-bond donors (Lipinski definition) is 1. The Morgan fingerprint density at radius 2 is 1.93 bits per heavy atom. The van der Waals surface area contributed by atoms with Crippen molar-refractivity contribution in [3.05, 3.63) is 81.8 Å². The number of carbonyl (C=O) groups is 1. The maximum absolute atomic E-state index is 12.4. The van der Waals surface area contributed by atoms with E-state index in [0.717, 1.165) is 41.5 Å². The average molecular weight is 420 g/mol. The van der Waals surface area contributed by atoms with Gasteiger partial charge in [-0.2, -0.15) is 0 Å². The number of hydrogen-bond acceptors (Lipinski definition) is 4. The van der Waals surface area contributed by atoms with E-state index in [9.17, 15) is 4.79 Å². The Morgan fingerprint density at radius 1 is 1.13 bits per heavy atom. The number of thiazole rings is 1. The maximum Gasteiger partial charge on any atom is 0.231 e. The second-order valence-corrected chi connectivity index (χ2v) is 9.02. The number of carbonyl (C=O) groups excluding carboxylic acids is 1. The lowest BCUT2D eigenvalue weighted by molar-refractivity contribution is -0.115. The molecule has 0 spiro atoms. The monoisotopic (exact) mass is 419 g/mol. The quantitative estimate of drug-likeness (QED) is 0.570. The molecule has 0 saturated carbocycles. The van der Waals surface area contributed by atoms with Gasteiger partial charge in [-0.25, -0.2) is 4.98 Å². The van der Waals surface area contributed by atoms with Gasteiger partial charge in [-0.3, -0.25) is 9.69 Å². The summed E-state index contributed by atoms with van der Waals surface area (Å²) in [6, 6.07) is 19.2. The second-order valence-electron chi connectivity index (χ2n) is 8.08. The minimum atomic E-state index is -0.00914. The first-order valence-corrected chi connectivity index (χ1v) is 11.6. The molecule has 2 heterocycles. The van der Waals surface area contributed by atoms with Crippen LogP contribution in [-0.2, 0) is 24.2 Å². The second kappa shape index (κ2) is 10.0. The molecule has 1 N–H and O–H groups in total. The van der Waals surface area contributed by atoms with Crippen LogP contribution in [0.15, 0.2) is 60.0 Å². The molecular weight excluding hydrogens is 390 g/mol. The molecule has 1 aromatic heterocycles. The molecule has 4 rings (SSSR count). The lowest BCUT2D eigenvalue weighted by atomic mass is 9.95. The summed E-state index contributed by atoms with van der Waals surface area (Å²) in [6.45, 7) is 3.99. The van der Waals surface area contributed by atoms with Gasteiger partial charge in [0, 0.05) is 23.7 Å². The molecule has 4 nitrogen and oxygen atoms in total. The lowest BCUT2D eigenvalue weighted by Gasteiger charge is -2.35. The third-order valence-corrected chi connectivity index (χ3v) is 6.66. The van der Waals surface area contributed by atoms with Crippen LogP contribution < -0.4 is 5.32 Å². The number of nitrogens with zero attached hydrogens (tertiary/aromatic N) is 2. The Labute approximate surface area is 183 Å². The number of piperidine rings is 1. The van der Waals surface area contributed by atoms with E-state index in [1.807, 2.05) is 31.2 Å². The van der Waals surface area contributed by atoms with Crippen molar-refractivity contribution in [2.45, 2.75) is 51.6 Å². The summed E-state index contributed by atoms with van der Waals surface area (Å²) >= 11 is 1.59. The van der Waals surface area contributed by atoms with E-state index in [0.29, 0.717) is 12.5 Å². The molecule has 1 fully saturated rings. The van der Waals surface area contributed by atoms with Crippen molar-refractivity contribution in [1.29, 1.82) is 0 Å². The predicted octanol–water partition coefficient (Wildman–Crippen LogP) is 5.23. The first kappa shape index (κ1) is 20.8. The standard InChI is InChI=1S/C25H29N3OS/c1-19-9-5-6-13-23(19)27-24(29)16-25-26-21(18-30-25)17-28-14-8-7-12-22(28)15-20-10-3-2-4-11-20/h2-6,9-11,13,18,22H,7-8,12,14-17H2,1H3,(H,27,29)/t22-/m0/s1. The number of anilines is 1. The van der Waals surface area contributed by atoms with Gasteiger partial charge in [0.2, 0.25) is 5.91 Å². The zero-order valence-corrected chi connectivity index (χ0v) is 18.3. The fraction of sp³-hybridized carbons (Fsp3) is 0.360. The number of aryl methyl sites for hydroxylation is 1. The molecule has 0 unspecified atom stereocenters. The van der Waals surface area contributed by atoms with Crippen LogP contribution in [0, 0.1) is 6.92 Å². The van der Waals surface area contributed by atoms with Gasteiger partial charge in [-0.1, -0.05) is 55.0 Å². The molecule has 1 aliphatic heterocycles. The Balaban J connectivity index is 1.35. The van der Waals surface area contributed by atoms with E-state index in [2.05, 4.69) is 45.9 Å². The number of para-hydroxylation sites is 1. The van der Waals surface area contributed by atoms with Gasteiger partial charge < -0.3 is 5.32 Å². The van der Waals surface area contributed by atoms with Crippen LogP contribution in [0.1, 0.15) is 41.1 Å². The maximum atomic E-state index is 12.4. The molecular formula is C25H29N3OS. The fourth-order valence-corrected chi connectivity index (χ4v) is 4.92. The highest BCUT2D eigenvalue weighted by Gasteiger charge is 2.23. The molecule has 0 radical (unpaired) electrons. The Morgan fingerprint density at radius 3 is 2.77 bits per heavy atom. The highest BCUT2D eigenvalue weighted by molar-refractivity contribution is 7.09. The van der Waals surface area contributed by atoms with Crippen LogP contribution in [0.3, 0.4) is 0 Å². The summed E-state index contributed by atoms with van der Waals surface area (Å²) in [5, 5.41) is 6.00. The van der Waals surface area contributed by atoms with Crippen LogP contribution in [0.4, 0.5) is 5.69 Å². The van der Waals surface area contributed by atoms with E-state index in [4.69, 9.17) is 4.98 Å². The molecule has 30 heavy (non-hydrogen) atoms. The molecule has 3 aromatic rings. The average Bonchev–Trinajstić information content (AvgIpc) is 3.18. The van der Waals surface area contributed by atoms with E-state index in [-0.39, 0.29) is 5.91 Å². The van der Waals surface area contributed by atoms with Gasteiger partial charge in [0.15, 0.2) is 0 Å². The normalized spacial score (nSPS) is 17.0. The Kier molecular flexibility index (Phi) is 6.92. The van der Waals surface area contributed by atoms with Gasteiger partial charge in [0.1, 0.15) is 5.01 Å². The van der Waals surface area contributed by atoms with Gasteiger partial charge >= 0.3 is 0 Å². The highest BCUT2D eigenvalue weighted by Crippen LogP contribution is 2.24. The minimum absolute atomic E-state index is 0.00914.